The predicted molar refractivity (Wildman–Crippen MR) is 101 cm³/mol. The summed E-state index contributed by atoms with van der Waals surface area (Å²) in [6.07, 6.45) is 0.739. The molecule has 0 saturated heterocycles. The van der Waals surface area contributed by atoms with E-state index in [0.717, 1.165) is 16.2 Å². The van der Waals surface area contributed by atoms with Gasteiger partial charge in [-0.05, 0) is 42.3 Å². The Kier molecular flexibility index (Phi) is 5.76. The molecule has 0 atom stereocenters. The lowest BCUT2D eigenvalue weighted by Gasteiger charge is -2.13. The largest absolute Gasteiger partial charge is 0.497 e. The van der Waals surface area contributed by atoms with Crippen LogP contribution in [0.4, 0.5) is 0 Å². The van der Waals surface area contributed by atoms with Crippen LogP contribution in [0.15, 0.2) is 42.5 Å². The molecule has 2 aromatic carbocycles. The van der Waals surface area contributed by atoms with Gasteiger partial charge in [-0.2, -0.15) is 0 Å². The van der Waals surface area contributed by atoms with Crippen LogP contribution in [0.25, 0.3) is 0 Å². The van der Waals surface area contributed by atoms with Crippen LogP contribution in [0.3, 0.4) is 0 Å². The van der Waals surface area contributed by atoms with Gasteiger partial charge in [0.05, 0.1) is 18.2 Å². The van der Waals surface area contributed by atoms with Crippen molar-refractivity contribution in [1.82, 2.24) is 10.2 Å². The van der Waals surface area contributed by atoms with Gasteiger partial charge >= 0.3 is 0 Å². The number of rotatable bonds is 7. The summed E-state index contributed by atoms with van der Waals surface area (Å²) in [5.41, 5.74) is 1.69. The molecule has 0 spiro atoms. The number of halogens is 1. The van der Waals surface area contributed by atoms with Crippen molar-refractivity contribution < 1.29 is 19.1 Å². The lowest BCUT2D eigenvalue weighted by molar-refractivity contribution is -0.121. The Morgan fingerprint density at radius 1 is 1.07 bits per heavy atom. The number of fused-ring (bicyclic) bond motifs is 1. The highest BCUT2D eigenvalue weighted by atomic mass is 35.5. The van der Waals surface area contributed by atoms with Crippen LogP contribution in [-0.2, 0) is 11.2 Å². The molecule has 2 aromatic rings. The van der Waals surface area contributed by atoms with Gasteiger partial charge in [0, 0.05) is 24.5 Å². The second kappa shape index (κ2) is 8.22. The average Bonchev–Trinajstić information content (AvgIpc) is 2.90. The van der Waals surface area contributed by atoms with E-state index in [1.165, 1.54) is 12.1 Å². The number of nitrogens with one attached hydrogen (secondary N) is 1. The molecule has 0 unspecified atom stereocenters. The van der Waals surface area contributed by atoms with Crippen molar-refractivity contribution in [2.24, 2.45) is 0 Å². The maximum absolute atomic E-state index is 12.3. The molecule has 0 aliphatic carbocycles. The number of methoxy groups -OCH3 is 1. The molecule has 0 aromatic heterocycles. The Hall–Kier alpha value is -2.86. The number of ether oxygens (including phenoxy) is 1. The molecule has 1 N–H and O–H groups in total. The Morgan fingerprint density at radius 3 is 2.48 bits per heavy atom. The van der Waals surface area contributed by atoms with Crippen LogP contribution in [-0.4, -0.2) is 42.8 Å². The van der Waals surface area contributed by atoms with Gasteiger partial charge in [-0.1, -0.05) is 23.7 Å². The van der Waals surface area contributed by atoms with E-state index in [1.54, 1.807) is 13.2 Å². The van der Waals surface area contributed by atoms with Crippen LogP contribution in [0.2, 0.25) is 5.02 Å². The first kappa shape index (κ1) is 18.9. The highest BCUT2D eigenvalue weighted by Gasteiger charge is 2.35. The van der Waals surface area contributed by atoms with E-state index in [2.05, 4.69) is 5.32 Å². The van der Waals surface area contributed by atoms with Gasteiger partial charge in [-0.15, -0.1) is 0 Å². The highest BCUT2D eigenvalue weighted by molar-refractivity contribution is 6.32. The molecule has 1 aliphatic heterocycles. The number of nitrogens with zero attached hydrogens (tertiary/aromatic N) is 1. The number of imide groups is 1. The van der Waals surface area contributed by atoms with Crippen molar-refractivity contribution in [2.75, 3.05) is 20.2 Å². The van der Waals surface area contributed by atoms with Gasteiger partial charge in [0.15, 0.2) is 0 Å². The molecule has 3 amide bonds. The normalized spacial score (nSPS) is 12.9. The Bertz CT molecular complexity index is 880. The van der Waals surface area contributed by atoms with Gasteiger partial charge in [0.25, 0.3) is 11.8 Å². The van der Waals surface area contributed by atoms with E-state index in [9.17, 15) is 14.4 Å². The van der Waals surface area contributed by atoms with E-state index < -0.39 is 11.8 Å². The second-order valence-electron chi connectivity index (χ2n) is 6.15. The van der Waals surface area contributed by atoms with Crippen molar-refractivity contribution in [3.05, 3.63) is 64.2 Å². The fourth-order valence-corrected chi connectivity index (χ4v) is 3.08. The molecule has 27 heavy (non-hydrogen) atoms. The first-order valence-electron chi connectivity index (χ1n) is 8.55. The topological polar surface area (TPSA) is 75.7 Å². The number of benzene rings is 2. The molecule has 140 valence electrons. The zero-order chi connectivity index (χ0) is 19.4. The van der Waals surface area contributed by atoms with Gasteiger partial charge in [0.1, 0.15) is 5.75 Å². The van der Waals surface area contributed by atoms with Crippen molar-refractivity contribution in [2.45, 2.75) is 12.8 Å². The minimum absolute atomic E-state index is 0.0400. The average molecular weight is 387 g/mol. The first-order chi connectivity index (χ1) is 13.0. The highest BCUT2D eigenvalue weighted by Crippen LogP contribution is 2.25. The summed E-state index contributed by atoms with van der Waals surface area (Å²) in [7, 11) is 1.61. The Labute approximate surface area is 162 Å². The van der Waals surface area contributed by atoms with Crippen molar-refractivity contribution in [3.8, 4) is 5.75 Å². The summed E-state index contributed by atoms with van der Waals surface area (Å²) in [6.45, 7) is 0.515. The summed E-state index contributed by atoms with van der Waals surface area (Å²) in [4.78, 5) is 37.7. The summed E-state index contributed by atoms with van der Waals surface area (Å²) >= 11 is 5.88. The molecule has 0 fully saturated rings. The molecule has 3 rings (SSSR count). The lowest BCUT2D eigenvalue weighted by Crippen LogP contribution is -2.35. The monoisotopic (exact) mass is 386 g/mol. The van der Waals surface area contributed by atoms with Crippen LogP contribution >= 0.6 is 11.6 Å². The van der Waals surface area contributed by atoms with Gasteiger partial charge in [-0.3, -0.25) is 19.3 Å². The molecule has 1 aliphatic rings. The number of amides is 3. The van der Waals surface area contributed by atoms with Crippen molar-refractivity contribution in [3.63, 3.8) is 0 Å². The van der Waals surface area contributed by atoms with Gasteiger partial charge in [0.2, 0.25) is 5.91 Å². The van der Waals surface area contributed by atoms with Crippen LogP contribution < -0.4 is 10.1 Å². The van der Waals surface area contributed by atoms with Gasteiger partial charge < -0.3 is 10.1 Å². The molecule has 0 bridgehead atoms. The fraction of sp³-hybridized carbons (Fsp3) is 0.250. The number of hydrogen-bond acceptors (Lipinski definition) is 4. The molecule has 7 heteroatoms. The molecule has 0 radical (unpaired) electrons. The summed E-state index contributed by atoms with van der Waals surface area (Å²) in [5.74, 6) is -0.232. The molecule has 6 nitrogen and oxygen atoms in total. The number of hydrogen-bond donors (Lipinski definition) is 1. The lowest BCUT2D eigenvalue weighted by atomic mass is 10.1. The third-order valence-electron chi connectivity index (χ3n) is 4.39. The zero-order valence-corrected chi connectivity index (χ0v) is 15.6. The Morgan fingerprint density at radius 2 is 1.78 bits per heavy atom. The fourth-order valence-electron chi connectivity index (χ4n) is 2.91. The molecular weight excluding hydrogens is 368 g/mol. The second-order valence-corrected chi connectivity index (χ2v) is 6.59. The van der Waals surface area contributed by atoms with Crippen LogP contribution in [0.1, 0.15) is 32.7 Å². The quantitative estimate of drug-likeness (QED) is 0.742. The van der Waals surface area contributed by atoms with E-state index in [-0.39, 0.29) is 24.4 Å². The summed E-state index contributed by atoms with van der Waals surface area (Å²) < 4.78 is 5.10. The number of carbonyl (C=O) groups excluding carboxylic acids is 3. The minimum atomic E-state index is -0.413. The summed E-state index contributed by atoms with van der Waals surface area (Å²) in [5, 5.41) is 3.20. The van der Waals surface area contributed by atoms with E-state index in [0.29, 0.717) is 23.6 Å². The van der Waals surface area contributed by atoms with Crippen molar-refractivity contribution >= 4 is 29.3 Å². The molecular formula is C20H19ClN2O4. The van der Waals surface area contributed by atoms with Crippen LogP contribution in [0.5, 0.6) is 5.75 Å². The Balaban J connectivity index is 1.46. The smallest absolute Gasteiger partial charge is 0.261 e. The van der Waals surface area contributed by atoms with Crippen molar-refractivity contribution in [1.29, 1.82) is 0 Å². The first-order valence-corrected chi connectivity index (χ1v) is 8.93. The minimum Gasteiger partial charge on any atom is -0.497 e. The maximum atomic E-state index is 12.3. The molecule has 1 heterocycles. The van der Waals surface area contributed by atoms with E-state index >= 15 is 0 Å². The van der Waals surface area contributed by atoms with E-state index in [1.807, 2.05) is 24.3 Å². The summed E-state index contributed by atoms with van der Waals surface area (Å²) in [6, 6.07) is 12.2. The van der Waals surface area contributed by atoms with Crippen LogP contribution in [0, 0.1) is 0 Å². The predicted octanol–water partition coefficient (Wildman–Crippen LogP) is 2.69. The van der Waals surface area contributed by atoms with Gasteiger partial charge in [-0.25, -0.2) is 0 Å². The number of carbonyl (C=O) groups is 3. The SMILES string of the molecule is COc1ccc(CCNC(=O)CCN2C(=O)c3ccc(Cl)cc3C2=O)cc1. The third-order valence-corrected chi connectivity index (χ3v) is 4.63. The standard InChI is InChI=1S/C20H19ClN2O4/c1-27-15-5-2-13(3-6-15)8-10-22-18(24)9-11-23-19(25)16-7-4-14(21)12-17(16)20(23)26/h2-7,12H,8-11H2,1H3,(H,22,24). The zero-order valence-electron chi connectivity index (χ0n) is 14.8. The molecule has 0 saturated carbocycles. The van der Waals surface area contributed by atoms with E-state index in [4.69, 9.17) is 16.3 Å². The maximum Gasteiger partial charge on any atom is 0.261 e. The third kappa shape index (κ3) is 4.28.